The van der Waals surface area contributed by atoms with E-state index in [0.29, 0.717) is 0 Å². The Kier molecular flexibility index (Phi) is 4.52. The van der Waals surface area contributed by atoms with E-state index in [1.165, 1.54) is 11.1 Å². The van der Waals surface area contributed by atoms with Crippen LogP contribution in [0.3, 0.4) is 0 Å². The van der Waals surface area contributed by atoms with Crippen LogP contribution in [0.25, 0.3) is 33.6 Å². The zero-order valence-corrected chi connectivity index (χ0v) is 14.6. The molecule has 0 N–H and O–H groups in total. The van der Waals surface area contributed by atoms with Crippen LogP contribution in [0.4, 0.5) is 0 Å². The molecule has 0 saturated heterocycles. The molecule has 0 aliphatic heterocycles. The summed E-state index contributed by atoms with van der Waals surface area (Å²) >= 11 is 0. The second kappa shape index (κ2) is 7.28. The first kappa shape index (κ1) is 16.2. The Morgan fingerprint density at radius 3 is 1.54 bits per heavy atom. The molecule has 0 saturated carbocycles. The molecule has 0 unspecified atom stereocenters. The summed E-state index contributed by atoms with van der Waals surface area (Å²) < 4.78 is 0. The molecule has 126 valence electrons. The number of hydrogen-bond acceptors (Lipinski definition) is 3. The van der Waals surface area contributed by atoms with E-state index < -0.39 is 0 Å². The van der Waals surface area contributed by atoms with Crippen LogP contribution in [0.15, 0.2) is 85.5 Å². The summed E-state index contributed by atoms with van der Waals surface area (Å²) in [6, 6.07) is 21.0. The van der Waals surface area contributed by atoms with E-state index in [4.69, 9.17) is 4.98 Å². The van der Waals surface area contributed by atoms with Crippen LogP contribution in [0, 0.1) is 0 Å². The van der Waals surface area contributed by atoms with E-state index in [-0.39, 0.29) is 0 Å². The number of pyridine rings is 3. The predicted octanol–water partition coefficient (Wildman–Crippen LogP) is 5.44. The van der Waals surface area contributed by atoms with Gasteiger partial charge in [-0.15, -0.1) is 0 Å². The normalized spacial score (nSPS) is 10.7. The maximum absolute atomic E-state index is 4.88. The number of rotatable bonds is 4. The quantitative estimate of drug-likeness (QED) is 0.498. The van der Waals surface area contributed by atoms with E-state index in [1.54, 1.807) is 24.8 Å². The van der Waals surface area contributed by atoms with Gasteiger partial charge in [0, 0.05) is 35.9 Å². The third kappa shape index (κ3) is 3.38. The van der Waals surface area contributed by atoms with Gasteiger partial charge in [0.25, 0.3) is 0 Å². The van der Waals surface area contributed by atoms with Crippen molar-refractivity contribution in [3.05, 3.63) is 91.0 Å². The van der Waals surface area contributed by atoms with E-state index in [9.17, 15) is 0 Å². The van der Waals surface area contributed by atoms with E-state index >= 15 is 0 Å². The van der Waals surface area contributed by atoms with Crippen molar-refractivity contribution >= 4 is 0 Å². The Morgan fingerprint density at radius 1 is 0.577 bits per heavy atom. The summed E-state index contributed by atoms with van der Waals surface area (Å²) in [5.41, 5.74) is 7.68. The van der Waals surface area contributed by atoms with Crippen molar-refractivity contribution in [2.24, 2.45) is 0 Å². The summed E-state index contributed by atoms with van der Waals surface area (Å²) in [5.74, 6) is 0. The Hall–Kier alpha value is -3.33. The summed E-state index contributed by atoms with van der Waals surface area (Å²) in [5, 5.41) is 0. The Morgan fingerprint density at radius 2 is 1.08 bits per heavy atom. The highest BCUT2D eigenvalue weighted by Crippen LogP contribution is 2.30. The van der Waals surface area contributed by atoms with Gasteiger partial charge in [-0.1, -0.05) is 31.2 Å². The standard InChI is InChI=1S/C23H19N3/c1-2-17-3-5-18(6-4-17)21-15-22(19-7-11-24-12-8-19)26-23(16-21)20-9-13-25-14-10-20/h3-16H,2H2,1H3. The van der Waals surface area contributed by atoms with Crippen LogP contribution in [0.1, 0.15) is 12.5 Å². The highest BCUT2D eigenvalue weighted by molar-refractivity contribution is 5.76. The van der Waals surface area contributed by atoms with Crippen molar-refractivity contribution in [1.29, 1.82) is 0 Å². The SMILES string of the molecule is CCc1ccc(-c2cc(-c3ccncc3)nc(-c3ccncc3)c2)cc1. The lowest BCUT2D eigenvalue weighted by molar-refractivity contribution is 1.14. The topological polar surface area (TPSA) is 38.7 Å². The van der Waals surface area contributed by atoms with Crippen LogP contribution in [0.5, 0.6) is 0 Å². The molecule has 4 rings (SSSR count). The molecule has 3 heterocycles. The average molecular weight is 337 g/mol. The van der Waals surface area contributed by atoms with Gasteiger partial charge in [0.1, 0.15) is 0 Å². The second-order valence-electron chi connectivity index (χ2n) is 6.15. The lowest BCUT2D eigenvalue weighted by Crippen LogP contribution is -1.92. The number of aromatic nitrogens is 3. The minimum absolute atomic E-state index is 0.941. The molecule has 0 amide bonds. The average Bonchev–Trinajstić information content (AvgIpc) is 2.75. The molecule has 3 nitrogen and oxygen atoms in total. The molecule has 0 spiro atoms. The predicted molar refractivity (Wildman–Crippen MR) is 106 cm³/mol. The van der Waals surface area contributed by atoms with Crippen LogP contribution >= 0.6 is 0 Å². The fourth-order valence-electron chi connectivity index (χ4n) is 2.97. The molecule has 0 radical (unpaired) electrons. The van der Waals surface area contributed by atoms with Crippen LogP contribution in [-0.2, 0) is 6.42 Å². The largest absolute Gasteiger partial charge is 0.265 e. The first-order valence-electron chi connectivity index (χ1n) is 8.75. The van der Waals surface area contributed by atoms with Gasteiger partial charge in [0.05, 0.1) is 11.4 Å². The van der Waals surface area contributed by atoms with Gasteiger partial charge < -0.3 is 0 Å². The number of nitrogens with zero attached hydrogens (tertiary/aromatic N) is 3. The lowest BCUT2D eigenvalue weighted by atomic mass is 9.99. The summed E-state index contributed by atoms with van der Waals surface area (Å²) in [6.45, 7) is 2.17. The molecule has 3 aromatic heterocycles. The maximum Gasteiger partial charge on any atom is 0.0716 e. The van der Waals surface area contributed by atoms with Crippen molar-refractivity contribution < 1.29 is 0 Å². The summed E-state index contributed by atoms with van der Waals surface area (Å²) in [7, 11) is 0. The molecule has 1 aromatic carbocycles. The molecule has 26 heavy (non-hydrogen) atoms. The van der Waals surface area contributed by atoms with Crippen LogP contribution in [0.2, 0.25) is 0 Å². The Labute approximate surface area is 153 Å². The molecule has 0 bridgehead atoms. The maximum atomic E-state index is 4.88. The molecule has 0 aliphatic rings. The number of hydrogen-bond donors (Lipinski definition) is 0. The van der Waals surface area contributed by atoms with E-state index in [2.05, 4.69) is 53.3 Å². The summed E-state index contributed by atoms with van der Waals surface area (Å²) in [6.07, 6.45) is 8.23. The van der Waals surface area contributed by atoms with Crippen molar-refractivity contribution in [3.63, 3.8) is 0 Å². The van der Waals surface area contributed by atoms with Crippen molar-refractivity contribution in [3.8, 4) is 33.6 Å². The minimum atomic E-state index is 0.941. The zero-order valence-electron chi connectivity index (χ0n) is 14.6. The molecular weight excluding hydrogens is 318 g/mol. The van der Waals surface area contributed by atoms with Gasteiger partial charge in [-0.3, -0.25) is 9.97 Å². The third-order valence-electron chi connectivity index (χ3n) is 4.47. The monoisotopic (exact) mass is 337 g/mol. The first-order chi connectivity index (χ1) is 12.8. The highest BCUT2D eigenvalue weighted by Gasteiger charge is 2.09. The van der Waals surface area contributed by atoms with Crippen LogP contribution in [-0.4, -0.2) is 15.0 Å². The van der Waals surface area contributed by atoms with Crippen molar-refractivity contribution in [1.82, 2.24) is 15.0 Å². The van der Waals surface area contributed by atoms with Crippen molar-refractivity contribution in [2.75, 3.05) is 0 Å². The molecule has 3 heteroatoms. The van der Waals surface area contributed by atoms with Crippen molar-refractivity contribution in [2.45, 2.75) is 13.3 Å². The minimum Gasteiger partial charge on any atom is -0.265 e. The van der Waals surface area contributed by atoms with Gasteiger partial charge >= 0.3 is 0 Å². The smallest absolute Gasteiger partial charge is 0.0716 e. The molecule has 0 fully saturated rings. The van der Waals surface area contributed by atoms with Gasteiger partial charge in [-0.05, 0) is 59.5 Å². The Bertz CT molecular complexity index is 937. The van der Waals surface area contributed by atoms with Gasteiger partial charge in [0.15, 0.2) is 0 Å². The Balaban J connectivity index is 1.87. The lowest BCUT2D eigenvalue weighted by Gasteiger charge is -2.10. The van der Waals surface area contributed by atoms with Gasteiger partial charge in [-0.25, -0.2) is 4.98 Å². The number of benzene rings is 1. The highest BCUT2D eigenvalue weighted by atomic mass is 14.7. The van der Waals surface area contributed by atoms with Gasteiger partial charge in [0.2, 0.25) is 0 Å². The summed E-state index contributed by atoms with van der Waals surface area (Å²) in [4.78, 5) is 13.1. The van der Waals surface area contributed by atoms with E-state index in [0.717, 1.165) is 34.5 Å². The fraction of sp³-hybridized carbons (Fsp3) is 0.0870. The number of aryl methyl sites for hydroxylation is 1. The van der Waals surface area contributed by atoms with E-state index in [1.807, 2.05) is 24.3 Å². The zero-order chi connectivity index (χ0) is 17.8. The first-order valence-corrected chi connectivity index (χ1v) is 8.75. The second-order valence-corrected chi connectivity index (χ2v) is 6.15. The van der Waals surface area contributed by atoms with Gasteiger partial charge in [-0.2, -0.15) is 0 Å². The molecular formula is C23H19N3. The van der Waals surface area contributed by atoms with Crippen LogP contribution < -0.4 is 0 Å². The fourth-order valence-corrected chi connectivity index (χ4v) is 2.97. The molecule has 0 aliphatic carbocycles. The molecule has 4 aromatic rings. The third-order valence-corrected chi connectivity index (χ3v) is 4.47. The molecule has 0 atom stereocenters.